The van der Waals surface area contributed by atoms with E-state index in [1.54, 1.807) is 17.8 Å². The molecule has 0 aliphatic heterocycles. The number of hydrogen-bond donors (Lipinski definition) is 2. The van der Waals surface area contributed by atoms with E-state index >= 15 is 0 Å². The average Bonchev–Trinajstić information content (AvgIpc) is 2.77. The first-order valence-corrected chi connectivity index (χ1v) is 6.81. The summed E-state index contributed by atoms with van der Waals surface area (Å²) >= 11 is 3.09. The molecule has 1 aromatic heterocycles. The van der Waals surface area contributed by atoms with E-state index in [-0.39, 0.29) is 16.0 Å². The third kappa shape index (κ3) is 2.82. The number of aromatic nitrogens is 2. The summed E-state index contributed by atoms with van der Waals surface area (Å²) in [6.07, 6.45) is 1.60. The van der Waals surface area contributed by atoms with Crippen LogP contribution in [0.5, 0.6) is 0 Å². The minimum Gasteiger partial charge on any atom is -0.396 e. The van der Waals surface area contributed by atoms with Crippen LogP contribution in [0.4, 0.5) is 15.8 Å². The van der Waals surface area contributed by atoms with E-state index in [1.165, 1.54) is 12.1 Å². The normalized spacial score (nSPS) is 10.6. The van der Waals surface area contributed by atoms with Crippen molar-refractivity contribution in [2.75, 3.05) is 11.1 Å². The van der Waals surface area contributed by atoms with Crippen LogP contribution >= 0.6 is 15.9 Å². The summed E-state index contributed by atoms with van der Waals surface area (Å²) in [6, 6.07) is 2.85. The fourth-order valence-electron chi connectivity index (χ4n) is 1.74. The maximum atomic E-state index is 13.3. The van der Waals surface area contributed by atoms with Crippen molar-refractivity contribution in [2.45, 2.75) is 20.4 Å². The van der Waals surface area contributed by atoms with Crippen LogP contribution in [0.15, 0.2) is 22.8 Å². The van der Waals surface area contributed by atoms with E-state index in [1.807, 2.05) is 6.92 Å². The van der Waals surface area contributed by atoms with Gasteiger partial charge in [0.05, 0.1) is 10.2 Å². The highest BCUT2D eigenvalue weighted by Gasteiger charge is 2.16. The number of nitrogens with one attached hydrogen (secondary N) is 1. The van der Waals surface area contributed by atoms with Crippen LogP contribution in [0.3, 0.4) is 0 Å². The molecule has 0 atom stereocenters. The zero-order chi connectivity index (χ0) is 14.9. The SMILES string of the molecule is CCn1cc(N)c(C(=O)Nc2cc(Br)c(F)cc2C)n1. The number of nitrogen functional groups attached to an aromatic ring is 1. The molecule has 0 unspecified atom stereocenters. The minimum absolute atomic E-state index is 0.159. The molecule has 0 aliphatic carbocycles. The topological polar surface area (TPSA) is 72.9 Å². The largest absolute Gasteiger partial charge is 0.396 e. The first-order valence-electron chi connectivity index (χ1n) is 6.02. The Labute approximate surface area is 124 Å². The van der Waals surface area contributed by atoms with Crippen molar-refractivity contribution in [1.82, 2.24) is 9.78 Å². The lowest BCUT2D eigenvalue weighted by molar-refractivity contribution is 0.102. The Balaban J connectivity index is 2.27. The van der Waals surface area contributed by atoms with Crippen LogP contribution in [0.1, 0.15) is 23.0 Å². The number of halogens is 2. The highest BCUT2D eigenvalue weighted by molar-refractivity contribution is 9.10. The molecule has 20 heavy (non-hydrogen) atoms. The monoisotopic (exact) mass is 340 g/mol. The van der Waals surface area contributed by atoms with Gasteiger partial charge in [0.15, 0.2) is 5.69 Å². The maximum absolute atomic E-state index is 13.3. The zero-order valence-electron chi connectivity index (χ0n) is 11.1. The zero-order valence-corrected chi connectivity index (χ0v) is 12.7. The number of aryl methyl sites for hydroxylation is 2. The van der Waals surface area contributed by atoms with Gasteiger partial charge in [0.1, 0.15) is 5.82 Å². The van der Waals surface area contributed by atoms with Crippen molar-refractivity contribution in [2.24, 2.45) is 0 Å². The molecule has 2 aromatic rings. The second kappa shape index (κ2) is 5.62. The molecular formula is C13H14BrFN4O. The predicted molar refractivity (Wildman–Crippen MR) is 79.1 cm³/mol. The van der Waals surface area contributed by atoms with Crippen LogP contribution in [-0.2, 0) is 6.54 Å². The van der Waals surface area contributed by atoms with Crippen molar-refractivity contribution in [3.63, 3.8) is 0 Å². The maximum Gasteiger partial charge on any atom is 0.278 e. The molecular weight excluding hydrogens is 327 g/mol. The first-order chi connectivity index (χ1) is 9.42. The Kier molecular flexibility index (Phi) is 4.08. The Morgan fingerprint density at radius 3 is 2.85 bits per heavy atom. The van der Waals surface area contributed by atoms with Gasteiger partial charge in [-0.15, -0.1) is 0 Å². The molecule has 0 bridgehead atoms. The van der Waals surface area contributed by atoms with E-state index in [0.29, 0.717) is 23.5 Å². The number of nitrogens with zero attached hydrogens (tertiary/aromatic N) is 2. The first kappa shape index (κ1) is 14.5. The number of benzene rings is 1. The van der Waals surface area contributed by atoms with Gasteiger partial charge in [-0.3, -0.25) is 9.48 Å². The Morgan fingerprint density at radius 1 is 1.55 bits per heavy atom. The number of carbonyl (C=O) groups excluding carboxylic acids is 1. The molecule has 106 valence electrons. The number of nitrogens with two attached hydrogens (primary N) is 1. The summed E-state index contributed by atoms with van der Waals surface area (Å²) < 4.78 is 15.2. The molecule has 0 fully saturated rings. The summed E-state index contributed by atoms with van der Waals surface area (Å²) in [5.41, 5.74) is 7.34. The number of hydrogen-bond acceptors (Lipinski definition) is 3. The summed E-state index contributed by atoms with van der Waals surface area (Å²) in [5.74, 6) is -0.799. The molecule has 7 heteroatoms. The average molecular weight is 341 g/mol. The van der Waals surface area contributed by atoms with Crippen LogP contribution in [-0.4, -0.2) is 15.7 Å². The van der Waals surface area contributed by atoms with E-state index in [0.717, 1.165) is 0 Å². The smallest absolute Gasteiger partial charge is 0.278 e. The fourth-order valence-corrected chi connectivity index (χ4v) is 2.08. The molecule has 5 nitrogen and oxygen atoms in total. The van der Waals surface area contributed by atoms with Gasteiger partial charge in [0.2, 0.25) is 0 Å². The number of carbonyl (C=O) groups is 1. The van der Waals surface area contributed by atoms with Crippen LogP contribution < -0.4 is 11.1 Å². The lowest BCUT2D eigenvalue weighted by Crippen LogP contribution is -2.15. The molecule has 1 heterocycles. The number of amides is 1. The minimum atomic E-state index is -0.420. The fraction of sp³-hybridized carbons (Fsp3) is 0.231. The highest BCUT2D eigenvalue weighted by Crippen LogP contribution is 2.25. The van der Waals surface area contributed by atoms with Crippen molar-refractivity contribution in [1.29, 1.82) is 0 Å². The summed E-state index contributed by atoms with van der Waals surface area (Å²) in [6.45, 7) is 4.23. The standard InChI is InChI=1S/C13H14BrFN4O/c1-3-19-6-10(16)12(18-19)13(20)17-11-5-8(14)9(15)4-7(11)2/h4-6H,3,16H2,1-2H3,(H,17,20). The van der Waals surface area contributed by atoms with Crippen molar-refractivity contribution in [3.05, 3.63) is 39.9 Å². The second-order valence-corrected chi connectivity index (χ2v) is 5.18. The van der Waals surface area contributed by atoms with Gasteiger partial charge in [-0.1, -0.05) is 0 Å². The van der Waals surface area contributed by atoms with Crippen LogP contribution in [0, 0.1) is 12.7 Å². The number of rotatable bonds is 3. The predicted octanol–water partition coefficient (Wildman–Crippen LogP) is 2.95. The highest BCUT2D eigenvalue weighted by atomic mass is 79.9. The lowest BCUT2D eigenvalue weighted by atomic mass is 10.2. The quantitative estimate of drug-likeness (QED) is 0.902. The molecule has 3 N–H and O–H groups in total. The van der Waals surface area contributed by atoms with Crippen molar-refractivity contribution >= 4 is 33.2 Å². The Bertz CT molecular complexity index is 669. The summed E-state index contributed by atoms with van der Waals surface area (Å²) in [4.78, 5) is 12.1. The second-order valence-electron chi connectivity index (χ2n) is 4.32. The molecule has 0 saturated heterocycles. The van der Waals surface area contributed by atoms with Gasteiger partial charge in [0.25, 0.3) is 5.91 Å². The van der Waals surface area contributed by atoms with Gasteiger partial charge in [-0.2, -0.15) is 5.10 Å². The van der Waals surface area contributed by atoms with Gasteiger partial charge in [0, 0.05) is 18.4 Å². The van der Waals surface area contributed by atoms with E-state index < -0.39 is 5.91 Å². The van der Waals surface area contributed by atoms with E-state index in [4.69, 9.17) is 5.73 Å². The molecule has 0 radical (unpaired) electrons. The third-order valence-electron chi connectivity index (χ3n) is 2.84. The van der Waals surface area contributed by atoms with Gasteiger partial charge in [-0.25, -0.2) is 4.39 Å². The van der Waals surface area contributed by atoms with Gasteiger partial charge < -0.3 is 11.1 Å². The van der Waals surface area contributed by atoms with Crippen LogP contribution in [0.2, 0.25) is 0 Å². The van der Waals surface area contributed by atoms with Crippen LogP contribution in [0.25, 0.3) is 0 Å². The summed E-state index contributed by atoms with van der Waals surface area (Å²) in [7, 11) is 0. The lowest BCUT2D eigenvalue weighted by Gasteiger charge is -2.08. The van der Waals surface area contributed by atoms with E-state index in [2.05, 4.69) is 26.3 Å². The molecule has 0 spiro atoms. The molecule has 0 saturated carbocycles. The third-order valence-corrected chi connectivity index (χ3v) is 3.45. The Hall–Kier alpha value is -1.89. The molecule has 1 aromatic carbocycles. The number of anilines is 2. The van der Waals surface area contributed by atoms with Crippen molar-refractivity contribution < 1.29 is 9.18 Å². The summed E-state index contributed by atoms with van der Waals surface area (Å²) in [5, 5.41) is 6.77. The molecule has 2 rings (SSSR count). The van der Waals surface area contributed by atoms with E-state index in [9.17, 15) is 9.18 Å². The molecule has 1 amide bonds. The van der Waals surface area contributed by atoms with Gasteiger partial charge >= 0.3 is 0 Å². The Morgan fingerprint density at radius 2 is 2.25 bits per heavy atom. The van der Waals surface area contributed by atoms with Crippen molar-refractivity contribution in [3.8, 4) is 0 Å². The van der Waals surface area contributed by atoms with Gasteiger partial charge in [-0.05, 0) is 47.5 Å². The molecule has 0 aliphatic rings.